The Bertz CT molecular complexity index is 873. The zero-order valence-electron chi connectivity index (χ0n) is 15.6. The van der Waals surface area contributed by atoms with E-state index in [9.17, 15) is 14.0 Å². The van der Waals surface area contributed by atoms with Gasteiger partial charge in [-0.1, -0.05) is 36.4 Å². The van der Waals surface area contributed by atoms with E-state index in [1.165, 1.54) is 6.07 Å². The topological polar surface area (TPSA) is 49.9 Å². The van der Waals surface area contributed by atoms with Gasteiger partial charge in [-0.05, 0) is 36.6 Å². The minimum Gasteiger partial charge on any atom is -0.361 e. The molecule has 1 spiro atoms. The highest BCUT2D eigenvalue weighted by molar-refractivity contribution is 5.95. The van der Waals surface area contributed by atoms with Crippen molar-refractivity contribution < 1.29 is 18.7 Å². The quantitative estimate of drug-likeness (QED) is 0.820. The van der Waals surface area contributed by atoms with Crippen molar-refractivity contribution in [2.75, 3.05) is 31.1 Å². The molecule has 2 amide bonds. The first kappa shape index (κ1) is 18.6. The molecule has 28 heavy (non-hydrogen) atoms. The average Bonchev–Trinajstić information content (AvgIpc) is 2.72. The Hall–Kier alpha value is -2.73. The van der Waals surface area contributed by atoms with Gasteiger partial charge in [0.25, 0.3) is 5.91 Å². The summed E-state index contributed by atoms with van der Waals surface area (Å²) in [6.45, 7) is 1.46. The molecule has 2 aromatic carbocycles. The van der Waals surface area contributed by atoms with Crippen molar-refractivity contribution in [3.8, 4) is 0 Å². The number of carbonyl (C=O) groups excluding carboxylic acids is 2. The normalized spacial score (nSPS) is 22.5. The molecule has 2 aromatic rings. The summed E-state index contributed by atoms with van der Waals surface area (Å²) in [5.41, 5.74) is 0.662. The molecule has 0 saturated carbocycles. The first-order chi connectivity index (χ1) is 13.6. The number of benzene rings is 2. The fraction of sp³-hybridized carbons (Fsp3) is 0.364. The molecule has 5 nitrogen and oxygen atoms in total. The highest BCUT2D eigenvalue weighted by atomic mass is 19.1. The third kappa shape index (κ3) is 3.78. The standard InChI is InChI=1S/C22H23FN2O3/c23-19-10-5-4-7-17(19)13-20(26)24-12-6-11-22(15-24)16-25(21(27)14-28-22)18-8-2-1-3-9-18/h1-5,7-10H,6,11-16H2. The lowest BCUT2D eigenvalue weighted by Crippen LogP contribution is -2.62. The number of nitrogens with zero attached hydrogens (tertiary/aromatic N) is 2. The summed E-state index contributed by atoms with van der Waals surface area (Å²) in [6, 6.07) is 15.9. The summed E-state index contributed by atoms with van der Waals surface area (Å²) < 4.78 is 19.9. The molecule has 1 unspecified atom stereocenters. The lowest BCUT2D eigenvalue weighted by molar-refractivity contribution is -0.153. The van der Waals surface area contributed by atoms with Crippen molar-refractivity contribution in [3.05, 3.63) is 66.0 Å². The van der Waals surface area contributed by atoms with Crippen molar-refractivity contribution >= 4 is 17.5 Å². The van der Waals surface area contributed by atoms with Gasteiger partial charge >= 0.3 is 0 Å². The molecule has 146 valence electrons. The van der Waals surface area contributed by atoms with Gasteiger partial charge in [-0.25, -0.2) is 4.39 Å². The van der Waals surface area contributed by atoms with E-state index in [0.29, 0.717) is 25.2 Å². The maximum atomic E-state index is 13.9. The van der Waals surface area contributed by atoms with Gasteiger partial charge in [0.2, 0.25) is 5.91 Å². The third-order valence-corrected chi connectivity index (χ3v) is 5.51. The van der Waals surface area contributed by atoms with Gasteiger partial charge in [-0.3, -0.25) is 9.59 Å². The van der Waals surface area contributed by atoms with E-state index in [2.05, 4.69) is 0 Å². The van der Waals surface area contributed by atoms with E-state index in [0.717, 1.165) is 18.5 Å². The van der Waals surface area contributed by atoms with Crippen molar-refractivity contribution in [1.82, 2.24) is 4.90 Å². The zero-order valence-corrected chi connectivity index (χ0v) is 15.6. The van der Waals surface area contributed by atoms with Crippen molar-refractivity contribution in [2.24, 2.45) is 0 Å². The Labute approximate surface area is 163 Å². The van der Waals surface area contributed by atoms with Crippen LogP contribution in [0.4, 0.5) is 10.1 Å². The number of carbonyl (C=O) groups is 2. The molecular weight excluding hydrogens is 359 g/mol. The molecular formula is C22H23FN2O3. The SMILES string of the molecule is O=C(Cc1ccccc1F)N1CCCC2(C1)CN(c1ccccc1)C(=O)CO2. The van der Waals surface area contributed by atoms with Crippen LogP contribution in [0.15, 0.2) is 54.6 Å². The highest BCUT2D eigenvalue weighted by Crippen LogP contribution is 2.32. The summed E-state index contributed by atoms with van der Waals surface area (Å²) in [6.07, 6.45) is 1.61. The third-order valence-electron chi connectivity index (χ3n) is 5.51. The van der Waals surface area contributed by atoms with Gasteiger partial charge < -0.3 is 14.5 Å². The first-order valence-electron chi connectivity index (χ1n) is 9.57. The summed E-state index contributed by atoms with van der Waals surface area (Å²) in [7, 11) is 0. The Morgan fingerprint density at radius 2 is 1.82 bits per heavy atom. The Kier molecular flexibility index (Phi) is 5.13. The van der Waals surface area contributed by atoms with Crippen molar-refractivity contribution in [3.63, 3.8) is 0 Å². The first-order valence-corrected chi connectivity index (χ1v) is 9.57. The molecule has 4 rings (SSSR count). The molecule has 2 aliphatic rings. The molecule has 0 bridgehead atoms. The number of amides is 2. The monoisotopic (exact) mass is 382 g/mol. The van der Waals surface area contributed by atoms with Crippen LogP contribution in [0.5, 0.6) is 0 Å². The molecule has 0 radical (unpaired) electrons. The summed E-state index contributed by atoms with van der Waals surface area (Å²) in [5.74, 6) is -0.556. The van der Waals surface area contributed by atoms with Crippen LogP contribution in [0.3, 0.4) is 0 Å². The molecule has 0 aromatic heterocycles. The van der Waals surface area contributed by atoms with E-state index in [4.69, 9.17) is 4.74 Å². The number of hydrogen-bond donors (Lipinski definition) is 0. The molecule has 0 aliphatic carbocycles. The molecule has 1 atom stereocenters. The number of rotatable bonds is 3. The molecule has 2 saturated heterocycles. The number of anilines is 1. The summed E-state index contributed by atoms with van der Waals surface area (Å²) in [4.78, 5) is 28.7. The lowest BCUT2D eigenvalue weighted by Gasteiger charge is -2.47. The molecule has 6 heteroatoms. The van der Waals surface area contributed by atoms with Crippen LogP contribution in [-0.4, -0.2) is 48.6 Å². The van der Waals surface area contributed by atoms with E-state index in [1.807, 2.05) is 30.3 Å². The van der Waals surface area contributed by atoms with Gasteiger partial charge in [-0.15, -0.1) is 0 Å². The zero-order chi connectivity index (χ0) is 19.6. The maximum Gasteiger partial charge on any atom is 0.253 e. The average molecular weight is 382 g/mol. The van der Waals surface area contributed by atoms with Crippen LogP contribution < -0.4 is 4.90 Å². The number of halogens is 1. The number of likely N-dealkylation sites (tertiary alicyclic amines) is 1. The second kappa shape index (κ2) is 7.72. The highest BCUT2D eigenvalue weighted by Gasteiger charge is 2.44. The molecule has 2 heterocycles. The van der Waals surface area contributed by atoms with Gasteiger partial charge in [-0.2, -0.15) is 0 Å². The van der Waals surface area contributed by atoms with Gasteiger partial charge in [0.05, 0.1) is 19.5 Å². The smallest absolute Gasteiger partial charge is 0.253 e. The van der Waals surface area contributed by atoms with Gasteiger partial charge in [0.1, 0.15) is 18.0 Å². The van der Waals surface area contributed by atoms with E-state index >= 15 is 0 Å². The van der Waals surface area contributed by atoms with Crippen LogP contribution in [0.2, 0.25) is 0 Å². The number of ether oxygens (including phenoxy) is 1. The molecule has 2 fully saturated rings. The summed E-state index contributed by atoms with van der Waals surface area (Å²) in [5, 5.41) is 0. The maximum absolute atomic E-state index is 13.9. The van der Waals surface area contributed by atoms with E-state index in [-0.39, 0.29) is 30.7 Å². The van der Waals surface area contributed by atoms with E-state index < -0.39 is 5.60 Å². The fourth-order valence-electron chi connectivity index (χ4n) is 4.03. The number of morpholine rings is 1. The minimum atomic E-state index is -0.576. The van der Waals surface area contributed by atoms with Gasteiger partial charge in [0.15, 0.2) is 0 Å². The van der Waals surface area contributed by atoms with Crippen LogP contribution in [0, 0.1) is 5.82 Å². The predicted molar refractivity (Wildman–Crippen MR) is 103 cm³/mol. The Morgan fingerprint density at radius 1 is 1.07 bits per heavy atom. The fourth-order valence-corrected chi connectivity index (χ4v) is 4.03. The van der Waals surface area contributed by atoms with Crippen LogP contribution in [0.25, 0.3) is 0 Å². The van der Waals surface area contributed by atoms with Crippen LogP contribution in [-0.2, 0) is 20.7 Å². The molecule has 0 N–H and O–H groups in total. The number of piperidine rings is 1. The minimum absolute atomic E-state index is 0.00420. The number of para-hydroxylation sites is 1. The van der Waals surface area contributed by atoms with E-state index in [1.54, 1.807) is 28.0 Å². The van der Waals surface area contributed by atoms with Crippen molar-refractivity contribution in [1.29, 1.82) is 0 Å². The van der Waals surface area contributed by atoms with Gasteiger partial charge in [0, 0.05) is 12.2 Å². The molecule has 2 aliphatic heterocycles. The summed E-state index contributed by atoms with van der Waals surface area (Å²) >= 11 is 0. The Balaban J connectivity index is 1.49. The second-order valence-corrected chi connectivity index (χ2v) is 7.47. The van der Waals surface area contributed by atoms with Crippen molar-refractivity contribution in [2.45, 2.75) is 24.9 Å². The second-order valence-electron chi connectivity index (χ2n) is 7.47. The Morgan fingerprint density at radius 3 is 2.61 bits per heavy atom. The van der Waals surface area contributed by atoms with Crippen LogP contribution in [0.1, 0.15) is 18.4 Å². The van der Waals surface area contributed by atoms with Crippen LogP contribution >= 0.6 is 0 Å². The predicted octanol–water partition coefficient (Wildman–Crippen LogP) is 2.79. The lowest BCUT2D eigenvalue weighted by atomic mass is 9.90. The number of hydrogen-bond acceptors (Lipinski definition) is 3. The largest absolute Gasteiger partial charge is 0.361 e.